The first-order valence-electron chi connectivity index (χ1n) is 11.1. The molecule has 0 aliphatic carbocycles. The van der Waals surface area contributed by atoms with Crippen molar-refractivity contribution in [3.8, 4) is 11.1 Å². The number of hydrogen-bond donors (Lipinski definition) is 2. The predicted molar refractivity (Wildman–Crippen MR) is 123 cm³/mol. The van der Waals surface area contributed by atoms with Crippen LogP contribution >= 0.6 is 0 Å². The Balaban J connectivity index is 1.52. The number of rotatable bonds is 5. The summed E-state index contributed by atoms with van der Waals surface area (Å²) in [4.78, 5) is 19.6. The summed E-state index contributed by atoms with van der Waals surface area (Å²) in [5.74, 6) is 0.299. The molecule has 0 bridgehead atoms. The average Bonchev–Trinajstić information content (AvgIpc) is 2.75. The molecular formula is C25H31FN4O. The molecule has 0 spiro atoms. The maximum Gasteiger partial charge on any atom is 0.252 e. The number of halogens is 1. The second-order valence-corrected chi connectivity index (χ2v) is 9.05. The zero-order valence-corrected chi connectivity index (χ0v) is 18.4. The van der Waals surface area contributed by atoms with Crippen molar-refractivity contribution in [1.82, 2.24) is 15.2 Å². The van der Waals surface area contributed by atoms with E-state index in [1.807, 2.05) is 49.5 Å². The van der Waals surface area contributed by atoms with Gasteiger partial charge in [0.25, 0.3) is 5.91 Å². The number of hydrogen-bond acceptors (Lipinski definition) is 4. The van der Waals surface area contributed by atoms with Crippen LogP contribution in [0, 0.1) is 5.92 Å². The zero-order valence-electron chi connectivity index (χ0n) is 18.4. The SMILES string of the molecule is CC(C)CN1CCC(NC(=O)C2=CC(C)Nc3ccc(-c4cccnc4)cc32)C(F)C1. The lowest BCUT2D eigenvalue weighted by Gasteiger charge is -2.36. The van der Waals surface area contributed by atoms with Crippen molar-refractivity contribution in [3.05, 3.63) is 54.4 Å². The number of carbonyl (C=O) groups is 1. The lowest BCUT2D eigenvalue weighted by molar-refractivity contribution is -0.117. The van der Waals surface area contributed by atoms with E-state index >= 15 is 0 Å². The summed E-state index contributed by atoms with van der Waals surface area (Å²) in [6.07, 6.45) is 5.04. The molecular weight excluding hydrogens is 391 g/mol. The molecule has 1 saturated heterocycles. The van der Waals surface area contributed by atoms with E-state index in [0.717, 1.165) is 35.5 Å². The molecule has 2 aromatic rings. The second-order valence-electron chi connectivity index (χ2n) is 9.05. The molecule has 3 heterocycles. The van der Waals surface area contributed by atoms with E-state index in [0.29, 0.717) is 24.5 Å². The Bertz CT molecular complexity index is 959. The van der Waals surface area contributed by atoms with Crippen LogP contribution in [-0.4, -0.2) is 53.7 Å². The van der Waals surface area contributed by atoms with Crippen LogP contribution in [0.5, 0.6) is 0 Å². The number of fused-ring (bicyclic) bond motifs is 1. The van der Waals surface area contributed by atoms with Crippen LogP contribution in [0.1, 0.15) is 32.8 Å². The maximum absolute atomic E-state index is 14.8. The summed E-state index contributed by atoms with van der Waals surface area (Å²) >= 11 is 0. The van der Waals surface area contributed by atoms with Crippen molar-refractivity contribution in [2.24, 2.45) is 5.92 Å². The smallest absolute Gasteiger partial charge is 0.252 e. The molecule has 2 aliphatic rings. The molecule has 0 saturated carbocycles. The normalized spacial score (nSPS) is 23.6. The van der Waals surface area contributed by atoms with Crippen LogP contribution < -0.4 is 10.6 Å². The summed E-state index contributed by atoms with van der Waals surface area (Å²) < 4.78 is 14.8. The fourth-order valence-electron chi connectivity index (χ4n) is 4.49. The Morgan fingerprint density at radius 2 is 2.16 bits per heavy atom. The first-order valence-corrected chi connectivity index (χ1v) is 11.1. The summed E-state index contributed by atoms with van der Waals surface area (Å²) in [5.41, 5.74) is 4.34. The van der Waals surface area contributed by atoms with E-state index in [1.165, 1.54) is 0 Å². The van der Waals surface area contributed by atoms with Crippen molar-refractivity contribution in [3.63, 3.8) is 0 Å². The van der Waals surface area contributed by atoms with Gasteiger partial charge in [0.1, 0.15) is 6.17 Å². The van der Waals surface area contributed by atoms with Gasteiger partial charge in [0, 0.05) is 60.5 Å². The Kier molecular flexibility index (Phi) is 6.37. The lowest BCUT2D eigenvalue weighted by Crippen LogP contribution is -2.53. The number of carbonyl (C=O) groups excluding carboxylic acids is 1. The molecule has 2 aliphatic heterocycles. The number of pyridine rings is 1. The van der Waals surface area contributed by atoms with Gasteiger partial charge in [0.05, 0.1) is 6.04 Å². The van der Waals surface area contributed by atoms with Gasteiger partial charge in [-0.15, -0.1) is 0 Å². The molecule has 1 fully saturated rings. The second kappa shape index (κ2) is 9.18. The number of anilines is 1. The third-order valence-corrected chi connectivity index (χ3v) is 5.91. The van der Waals surface area contributed by atoms with Crippen LogP contribution in [0.15, 0.2) is 48.8 Å². The van der Waals surface area contributed by atoms with Crippen molar-refractivity contribution in [1.29, 1.82) is 0 Å². The molecule has 3 unspecified atom stereocenters. The molecule has 1 aromatic heterocycles. The van der Waals surface area contributed by atoms with Crippen molar-refractivity contribution < 1.29 is 9.18 Å². The van der Waals surface area contributed by atoms with Gasteiger partial charge in [-0.25, -0.2) is 4.39 Å². The van der Waals surface area contributed by atoms with Gasteiger partial charge in [0.2, 0.25) is 0 Å². The van der Waals surface area contributed by atoms with Gasteiger partial charge in [-0.3, -0.25) is 9.78 Å². The van der Waals surface area contributed by atoms with E-state index in [1.54, 1.807) is 6.20 Å². The number of likely N-dealkylation sites (tertiary alicyclic amines) is 1. The third kappa shape index (κ3) is 4.96. The van der Waals surface area contributed by atoms with E-state index < -0.39 is 12.2 Å². The molecule has 6 heteroatoms. The minimum atomic E-state index is -1.06. The highest BCUT2D eigenvalue weighted by molar-refractivity contribution is 6.22. The fraction of sp³-hybridized carbons (Fsp3) is 0.440. The molecule has 1 amide bonds. The Morgan fingerprint density at radius 3 is 2.87 bits per heavy atom. The van der Waals surface area contributed by atoms with Crippen molar-refractivity contribution in [2.45, 2.75) is 45.4 Å². The number of piperidine rings is 1. The Labute approximate surface area is 183 Å². The quantitative estimate of drug-likeness (QED) is 0.761. The molecule has 4 rings (SSSR count). The standard InChI is InChI=1S/C25H31FN4O/c1-16(2)14-30-10-8-24(22(26)15-30)29-25(31)21-11-17(3)28-23-7-6-18(12-20(21)23)19-5-4-9-27-13-19/h4-7,9,11-13,16-17,22,24,28H,8,10,14-15H2,1-3H3,(H,29,31). The molecule has 0 radical (unpaired) electrons. The van der Waals surface area contributed by atoms with E-state index in [2.05, 4.69) is 34.4 Å². The van der Waals surface area contributed by atoms with Gasteiger partial charge >= 0.3 is 0 Å². The molecule has 164 valence electrons. The van der Waals surface area contributed by atoms with Crippen LogP contribution in [0.2, 0.25) is 0 Å². The highest BCUT2D eigenvalue weighted by atomic mass is 19.1. The summed E-state index contributed by atoms with van der Waals surface area (Å²) in [7, 11) is 0. The Hall–Kier alpha value is -2.73. The minimum absolute atomic E-state index is 0.0200. The minimum Gasteiger partial charge on any atom is -0.379 e. The number of amides is 1. The number of nitrogens with one attached hydrogen (secondary N) is 2. The highest BCUT2D eigenvalue weighted by Crippen LogP contribution is 2.34. The van der Waals surface area contributed by atoms with Crippen LogP contribution in [-0.2, 0) is 4.79 Å². The van der Waals surface area contributed by atoms with Gasteiger partial charge in [-0.05, 0) is 49.1 Å². The van der Waals surface area contributed by atoms with Crippen molar-refractivity contribution in [2.75, 3.05) is 25.0 Å². The monoisotopic (exact) mass is 422 g/mol. The number of aromatic nitrogens is 1. The van der Waals surface area contributed by atoms with Gasteiger partial charge < -0.3 is 15.5 Å². The summed E-state index contributed by atoms with van der Waals surface area (Å²) in [6.45, 7) is 8.36. The Morgan fingerprint density at radius 1 is 1.32 bits per heavy atom. The van der Waals surface area contributed by atoms with Gasteiger partial charge in [-0.1, -0.05) is 26.0 Å². The first kappa shape index (κ1) is 21.5. The van der Waals surface area contributed by atoms with Gasteiger partial charge in [-0.2, -0.15) is 0 Å². The highest BCUT2D eigenvalue weighted by Gasteiger charge is 2.32. The topological polar surface area (TPSA) is 57.3 Å². The van der Waals surface area contributed by atoms with Crippen molar-refractivity contribution >= 4 is 17.2 Å². The molecule has 2 N–H and O–H groups in total. The summed E-state index contributed by atoms with van der Waals surface area (Å²) in [6, 6.07) is 9.49. The molecule has 31 heavy (non-hydrogen) atoms. The fourth-order valence-corrected chi connectivity index (χ4v) is 4.49. The van der Waals surface area contributed by atoms with Crippen LogP contribution in [0.4, 0.5) is 10.1 Å². The van der Waals surface area contributed by atoms with E-state index in [4.69, 9.17) is 0 Å². The third-order valence-electron chi connectivity index (χ3n) is 5.91. The van der Waals surface area contributed by atoms with E-state index in [9.17, 15) is 9.18 Å². The predicted octanol–water partition coefficient (Wildman–Crippen LogP) is 4.13. The van der Waals surface area contributed by atoms with Gasteiger partial charge in [0.15, 0.2) is 0 Å². The number of alkyl halides is 1. The van der Waals surface area contributed by atoms with Crippen LogP contribution in [0.3, 0.4) is 0 Å². The molecule has 5 nitrogen and oxygen atoms in total. The largest absolute Gasteiger partial charge is 0.379 e. The molecule has 1 aromatic carbocycles. The lowest BCUT2D eigenvalue weighted by atomic mass is 9.92. The first-order chi connectivity index (χ1) is 14.9. The summed E-state index contributed by atoms with van der Waals surface area (Å²) in [5, 5.41) is 6.39. The number of nitrogens with zero attached hydrogens (tertiary/aromatic N) is 2. The molecule has 3 atom stereocenters. The maximum atomic E-state index is 14.8. The van der Waals surface area contributed by atoms with Crippen LogP contribution in [0.25, 0.3) is 16.7 Å². The van der Waals surface area contributed by atoms with E-state index in [-0.39, 0.29) is 11.9 Å². The number of benzene rings is 1. The average molecular weight is 423 g/mol. The zero-order chi connectivity index (χ0) is 22.0.